The topological polar surface area (TPSA) is 87.1 Å². The number of aromatic nitrogens is 2. The number of nitrogens with two attached hydrogens (primary N) is 1. The predicted octanol–water partition coefficient (Wildman–Crippen LogP) is 4.42. The van der Waals surface area contributed by atoms with Crippen molar-refractivity contribution >= 4 is 11.8 Å². The van der Waals surface area contributed by atoms with Crippen molar-refractivity contribution in [1.29, 1.82) is 0 Å². The minimum absolute atomic E-state index is 0.0841. The smallest absolute Gasteiger partial charge is 0.347 e. The molecule has 25 heavy (non-hydrogen) atoms. The summed E-state index contributed by atoms with van der Waals surface area (Å²) in [6.07, 6.45) is 13.8. The Morgan fingerprint density at radius 3 is 2.20 bits per heavy atom. The van der Waals surface area contributed by atoms with Gasteiger partial charge >= 0.3 is 5.95 Å². The van der Waals surface area contributed by atoms with Crippen molar-refractivity contribution in [2.75, 3.05) is 24.2 Å². The number of nitrogen functional groups attached to an aromatic ring is 1. The highest BCUT2D eigenvalue weighted by molar-refractivity contribution is 5.36. The summed E-state index contributed by atoms with van der Waals surface area (Å²) >= 11 is 0. The quantitative estimate of drug-likeness (QED) is 0.277. The minimum Gasteiger partial charge on any atom is -0.754 e. The molecule has 0 aliphatic rings. The number of hydrogen-bond acceptors (Lipinski definition) is 5. The van der Waals surface area contributed by atoms with Gasteiger partial charge in [-0.15, -0.1) is 0 Å². The first kappa shape index (κ1) is 21.3. The van der Waals surface area contributed by atoms with Gasteiger partial charge in [0.2, 0.25) is 5.82 Å². The lowest BCUT2D eigenvalue weighted by Gasteiger charge is -2.14. The van der Waals surface area contributed by atoms with Crippen LogP contribution in [0.2, 0.25) is 0 Å². The van der Waals surface area contributed by atoms with Gasteiger partial charge in [0, 0.05) is 6.54 Å². The maximum Gasteiger partial charge on any atom is 0.347 e. The molecule has 6 heteroatoms. The number of rotatable bonds is 15. The van der Waals surface area contributed by atoms with Crippen molar-refractivity contribution in [2.24, 2.45) is 0 Å². The van der Waals surface area contributed by atoms with Crippen LogP contribution in [0.25, 0.3) is 0 Å². The average Bonchev–Trinajstić information content (AvgIpc) is 2.61. The van der Waals surface area contributed by atoms with Gasteiger partial charge < -0.3 is 21.0 Å². The van der Waals surface area contributed by atoms with E-state index in [0.29, 0.717) is 23.0 Å². The van der Waals surface area contributed by atoms with Crippen LogP contribution in [0.15, 0.2) is 6.07 Å². The number of unbranched alkanes of at least 4 members (excludes halogenated alkanes) is 9. The van der Waals surface area contributed by atoms with Crippen molar-refractivity contribution < 1.29 is 9.47 Å². The Labute approximate surface area is 152 Å². The second-order valence-electron chi connectivity index (χ2n) is 6.59. The molecule has 6 nitrogen and oxygen atoms in total. The fourth-order valence-corrected chi connectivity index (χ4v) is 2.72. The third kappa shape index (κ3) is 9.37. The highest BCUT2D eigenvalue weighted by Gasteiger charge is 2.11. The first-order valence-corrected chi connectivity index (χ1v) is 9.95. The first-order chi connectivity index (χ1) is 12.2. The lowest BCUT2D eigenvalue weighted by atomic mass is 10.1. The van der Waals surface area contributed by atoms with Gasteiger partial charge in [-0.25, -0.2) is 4.73 Å². The van der Waals surface area contributed by atoms with Gasteiger partial charge in [0.1, 0.15) is 0 Å². The molecule has 0 saturated heterocycles. The van der Waals surface area contributed by atoms with E-state index in [2.05, 4.69) is 17.2 Å². The van der Waals surface area contributed by atoms with Gasteiger partial charge in [0.25, 0.3) is 5.88 Å². The Morgan fingerprint density at radius 1 is 1.00 bits per heavy atom. The Hall–Kier alpha value is -1.72. The molecule has 0 radical (unpaired) electrons. The summed E-state index contributed by atoms with van der Waals surface area (Å²) in [6, 6.07) is 1.62. The molecule has 1 aromatic rings. The Balaban J connectivity index is 2.16. The van der Waals surface area contributed by atoms with Gasteiger partial charge in [0.05, 0.1) is 12.7 Å². The number of anilines is 2. The maximum absolute atomic E-state index is 11.9. The van der Waals surface area contributed by atoms with Gasteiger partial charge in [-0.2, -0.15) is 0 Å². The highest BCUT2D eigenvalue weighted by Crippen LogP contribution is 2.14. The molecule has 0 atom stereocenters. The zero-order chi connectivity index (χ0) is 18.3. The minimum atomic E-state index is -0.0841. The largest absolute Gasteiger partial charge is 0.754 e. The first-order valence-electron chi connectivity index (χ1n) is 9.95. The zero-order valence-electron chi connectivity index (χ0n) is 16.1. The molecular formula is C19H36N4O2. The number of hydrogen-bond donors (Lipinski definition) is 2. The van der Waals surface area contributed by atoms with Gasteiger partial charge in [-0.1, -0.05) is 76.6 Å². The Kier molecular flexibility index (Phi) is 11.6. The van der Waals surface area contributed by atoms with E-state index in [1.807, 2.05) is 6.92 Å². The van der Waals surface area contributed by atoms with Gasteiger partial charge in [-0.3, -0.25) is 0 Å². The molecule has 0 fully saturated rings. The van der Waals surface area contributed by atoms with Crippen LogP contribution in [0.4, 0.5) is 11.8 Å². The van der Waals surface area contributed by atoms with Crippen LogP contribution in [-0.4, -0.2) is 18.1 Å². The summed E-state index contributed by atoms with van der Waals surface area (Å²) in [5.41, 5.74) is 5.64. The van der Waals surface area contributed by atoms with Crippen LogP contribution in [0.1, 0.15) is 84.5 Å². The lowest BCUT2D eigenvalue weighted by Crippen LogP contribution is -2.36. The molecule has 1 rings (SSSR count). The summed E-state index contributed by atoms with van der Waals surface area (Å²) < 4.78 is 6.08. The van der Waals surface area contributed by atoms with Crippen molar-refractivity contribution in [3.8, 4) is 5.88 Å². The maximum atomic E-state index is 11.9. The molecule has 0 aliphatic carbocycles. The van der Waals surface area contributed by atoms with E-state index in [4.69, 9.17) is 10.5 Å². The molecule has 0 aromatic carbocycles. The average molecular weight is 353 g/mol. The van der Waals surface area contributed by atoms with Crippen molar-refractivity contribution in [1.82, 2.24) is 4.98 Å². The van der Waals surface area contributed by atoms with E-state index in [1.165, 1.54) is 57.8 Å². The number of nitrogens with zero attached hydrogens (tertiary/aromatic N) is 2. The number of nitrogens with one attached hydrogen (secondary N) is 1. The normalized spacial score (nSPS) is 10.8. The van der Waals surface area contributed by atoms with Gasteiger partial charge in [-0.05, 0) is 12.8 Å². The standard InChI is InChI=1S/C19H36N4O2/c1-3-5-6-7-8-9-10-11-12-13-14-21-17-16-18(25-15-4-2)22-19(20)23(17)24/h16,21H,3-15H2,1-2H3,(H2,20,22). The molecule has 0 bridgehead atoms. The van der Waals surface area contributed by atoms with Crippen LogP contribution >= 0.6 is 0 Å². The van der Waals surface area contributed by atoms with Crippen molar-refractivity contribution in [3.05, 3.63) is 11.3 Å². The zero-order valence-corrected chi connectivity index (χ0v) is 16.1. The monoisotopic (exact) mass is 352 g/mol. The fraction of sp³-hybridized carbons (Fsp3) is 0.789. The van der Waals surface area contributed by atoms with E-state index in [1.54, 1.807) is 6.07 Å². The summed E-state index contributed by atoms with van der Waals surface area (Å²) in [5, 5.41) is 15.1. The van der Waals surface area contributed by atoms with Crippen LogP contribution < -0.4 is 20.5 Å². The molecule has 0 aliphatic heterocycles. The highest BCUT2D eigenvalue weighted by atomic mass is 16.5. The van der Waals surface area contributed by atoms with Gasteiger partial charge in [0.15, 0.2) is 0 Å². The van der Waals surface area contributed by atoms with Crippen molar-refractivity contribution in [3.63, 3.8) is 0 Å². The van der Waals surface area contributed by atoms with E-state index < -0.39 is 0 Å². The lowest BCUT2D eigenvalue weighted by molar-refractivity contribution is -0.577. The van der Waals surface area contributed by atoms with E-state index >= 15 is 0 Å². The Morgan fingerprint density at radius 2 is 1.60 bits per heavy atom. The second kappa shape index (κ2) is 13.6. The van der Waals surface area contributed by atoms with Crippen LogP contribution in [0, 0.1) is 5.21 Å². The molecule has 1 heterocycles. The van der Waals surface area contributed by atoms with Crippen LogP contribution in [0.3, 0.4) is 0 Å². The molecule has 0 amide bonds. The molecule has 1 aromatic heterocycles. The molecular weight excluding hydrogens is 316 g/mol. The molecule has 0 saturated carbocycles. The van der Waals surface area contributed by atoms with Crippen LogP contribution in [0.5, 0.6) is 5.88 Å². The summed E-state index contributed by atoms with van der Waals surface area (Å²) in [7, 11) is 0. The summed E-state index contributed by atoms with van der Waals surface area (Å²) in [4.78, 5) is 3.94. The fourth-order valence-electron chi connectivity index (χ4n) is 2.72. The SMILES string of the molecule is CCCCCCCCCCCCNc1cc(OCCC)nc(N)[n+]1[O-]. The van der Waals surface area contributed by atoms with Crippen molar-refractivity contribution in [2.45, 2.75) is 84.5 Å². The summed E-state index contributed by atoms with van der Waals surface area (Å²) in [6.45, 7) is 5.59. The Bertz CT molecular complexity index is 469. The molecule has 0 unspecified atom stereocenters. The molecule has 3 N–H and O–H groups in total. The van der Waals surface area contributed by atoms with E-state index in [9.17, 15) is 5.21 Å². The third-order valence-corrected chi connectivity index (χ3v) is 4.20. The second-order valence-corrected chi connectivity index (χ2v) is 6.59. The number of ether oxygens (including phenoxy) is 1. The van der Waals surface area contributed by atoms with E-state index in [0.717, 1.165) is 19.4 Å². The predicted molar refractivity (Wildman–Crippen MR) is 104 cm³/mol. The van der Waals surface area contributed by atoms with E-state index in [-0.39, 0.29) is 5.95 Å². The van der Waals surface area contributed by atoms with Crippen LogP contribution in [-0.2, 0) is 0 Å². The third-order valence-electron chi connectivity index (χ3n) is 4.20. The molecule has 144 valence electrons. The molecule has 0 spiro atoms. The summed E-state index contributed by atoms with van der Waals surface area (Å²) in [5.74, 6) is 0.728.